The monoisotopic (exact) mass is 329 g/mol. The van der Waals surface area contributed by atoms with Gasteiger partial charge in [-0.05, 0) is 56.7 Å². The maximum absolute atomic E-state index is 12.6. The van der Waals surface area contributed by atoms with Crippen LogP contribution in [0, 0.1) is 11.8 Å². The summed E-state index contributed by atoms with van der Waals surface area (Å²) in [5.74, 6) is 0.732. The summed E-state index contributed by atoms with van der Waals surface area (Å²) in [6.45, 7) is 6.06. The van der Waals surface area contributed by atoms with Gasteiger partial charge in [0.1, 0.15) is 5.75 Å². The molecule has 1 aromatic rings. The lowest BCUT2D eigenvalue weighted by Gasteiger charge is -2.24. The van der Waals surface area contributed by atoms with Crippen molar-refractivity contribution in [1.29, 1.82) is 0 Å². The summed E-state index contributed by atoms with van der Waals surface area (Å²) >= 11 is 0. The lowest BCUT2D eigenvalue weighted by Crippen LogP contribution is -2.45. The van der Waals surface area contributed by atoms with Crippen molar-refractivity contribution in [1.82, 2.24) is 5.32 Å². The van der Waals surface area contributed by atoms with Crippen LogP contribution in [0.5, 0.6) is 5.75 Å². The van der Waals surface area contributed by atoms with Crippen molar-refractivity contribution < 1.29 is 14.3 Å². The second-order valence-corrected chi connectivity index (χ2v) is 6.49. The quantitative estimate of drug-likeness (QED) is 0.847. The van der Waals surface area contributed by atoms with Gasteiger partial charge in [-0.1, -0.05) is 31.2 Å². The zero-order chi connectivity index (χ0) is 17.5. The molecule has 2 bridgehead atoms. The summed E-state index contributed by atoms with van der Waals surface area (Å²) < 4.78 is 5.77. The lowest BCUT2D eigenvalue weighted by molar-refractivity contribution is -0.130. The zero-order valence-electron chi connectivity index (χ0n) is 14.7. The molecule has 0 saturated heterocycles. The summed E-state index contributed by atoms with van der Waals surface area (Å²) in [6, 6.07) is 7.27. The molecule has 0 spiro atoms. The predicted octanol–water partition coefficient (Wildman–Crippen LogP) is 3.30. The molecule has 2 heterocycles. The highest BCUT2D eigenvalue weighted by Gasteiger charge is 2.26. The fourth-order valence-electron chi connectivity index (χ4n) is 3.02. The van der Waals surface area contributed by atoms with Crippen LogP contribution in [0.25, 0.3) is 0 Å². The van der Waals surface area contributed by atoms with Gasteiger partial charge in [-0.2, -0.15) is 0 Å². The Balaban J connectivity index is 2.25. The van der Waals surface area contributed by atoms with Gasteiger partial charge in [0.2, 0.25) is 5.91 Å². The van der Waals surface area contributed by atoms with E-state index < -0.39 is 6.04 Å². The number of nitrogens with one attached hydrogen (secondary N) is 1. The van der Waals surface area contributed by atoms with E-state index in [-0.39, 0.29) is 23.5 Å². The number of amides is 1. The summed E-state index contributed by atoms with van der Waals surface area (Å²) in [5.41, 5.74) is 1.01. The molecule has 1 N–H and O–H groups in total. The predicted molar refractivity (Wildman–Crippen MR) is 95.0 cm³/mol. The van der Waals surface area contributed by atoms with Crippen LogP contribution in [0.1, 0.15) is 39.2 Å². The van der Waals surface area contributed by atoms with E-state index in [0.29, 0.717) is 13.0 Å². The zero-order valence-corrected chi connectivity index (χ0v) is 14.7. The Hall–Kier alpha value is -2.10. The Bertz CT molecular complexity index is 591. The van der Waals surface area contributed by atoms with Gasteiger partial charge in [-0.25, -0.2) is 0 Å². The van der Waals surface area contributed by atoms with Crippen LogP contribution in [0.15, 0.2) is 36.4 Å². The minimum atomic E-state index is -0.485. The van der Waals surface area contributed by atoms with Gasteiger partial charge in [0.05, 0.1) is 12.6 Å². The van der Waals surface area contributed by atoms with E-state index in [1.807, 2.05) is 44.2 Å². The molecule has 3 rings (SSSR count). The molecule has 130 valence electrons. The van der Waals surface area contributed by atoms with Crippen LogP contribution < -0.4 is 10.1 Å². The van der Waals surface area contributed by atoms with Crippen LogP contribution >= 0.6 is 0 Å². The topological polar surface area (TPSA) is 55.4 Å². The minimum Gasteiger partial charge on any atom is -0.494 e. The molecule has 24 heavy (non-hydrogen) atoms. The molecule has 0 radical (unpaired) electrons. The fraction of sp³-hybridized carbons (Fsp3) is 0.500. The number of rotatable bonds is 2. The maximum atomic E-state index is 12.6. The number of fused-ring (bicyclic) bond motifs is 11. The number of allylic oxidation sites excluding steroid dienone is 2. The van der Waals surface area contributed by atoms with Crippen LogP contribution in [0.3, 0.4) is 0 Å². The third kappa shape index (κ3) is 4.95. The Morgan fingerprint density at radius 2 is 2.00 bits per heavy atom. The first-order valence-corrected chi connectivity index (χ1v) is 8.66. The molecule has 4 heteroatoms. The first-order chi connectivity index (χ1) is 11.5. The number of carbonyl (C=O) groups excluding carboxylic acids is 2. The van der Waals surface area contributed by atoms with Crippen LogP contribution in [-0.4, -0.2) is 24.3 Å². The van der Waals surface area contributed by atoms with Gasteiger partial charge in [-0.15, -0.1) is 0 Å². The molecule has 2 aliphatic heterocycles. The number of carbonyl (C=O) groups is 2. The molecule has 0 unspecified atom stereocenters. The number of ketones is 1. The molecule has 2 aliphatic rings. The van der Waals surface area contributed by atoms with Crippen molar-refractivity contribution in [3.63, 3.8) is 0 Å². The number of hydrogen-bond donors (Lipinski definition) is 1. The van der Waals surface area contributed by atoms with Gasteiger partial charge in [0.25, 0.3) is 0 Å². The van der Waals surface area contributed by atoms with E-state index in [9.17, 15) is 9.59 Å². The normalized spacial score (nSPS) is 25.8. The van der Waals surface area contributed by atoms with Gasteiger partial charge in [0.15, 0.2) is 5.78 Å². The highest BCUT2D eigenvalue weighted by atomic mass is 16.5. The smallest absolute Gasteiger partial charge is 0.224 e. The maximum Gasteiger partial charge on any atom is 0.224 e. The molecule has 0 saturated carbocycles. The van der Waals surface area contributed by atoms with Crippen molar-refractivity contribution in [2.75, 3.05) is 6.61 Å². The minimum absolute atomic E-state index is 0.0226. The van der Waals surface area contributed by atoms with Crippen molar-refractivity contribution in [2.24, 2.45) is 11.8 Å². The van der Waals surface area contributed by atoms with Crippen LogP contribution in [-0.2, 0) is 16.0 Å². The summed E-state index contributed by atoms with van der Waals surface area (Å²) in [4.78, 5) is 24.6. The van der Waals surface area contributed by atoms with E-state index in [4.69, 9.17) is 4.74 Å². The SMILES string of the molecule is C/C=C/[C@H]1CCCOc2ccc(cc2)C[C@@H](C(C)=O)NC(=O)[C@@H]1C. The van der Waals surface area contributed by atoms with Crippen molar-refractivity contribution in [3.05, 3.63) is 42.0 Å². The summed E-state index contributed by atoms with van der Waals surface area (Å²) in [6.07, 6.45) is 6.32. The van der Waals surface area contributed by atoms with Gasteiger partial charge < -0.3 is 10.1 Å². The van der Waals surface area contributed by atoms with Crippen molar-refractivity contribution in [2.45, 2.75) is 46.1 Å². The molecule has 0 aliphatic carbocycles. The third-order valence-corrected chi connectivity index (χ3v) is 4.62. The van der Waals surface area contributed by atoms with Gasteiger partial charge in [0, 0.05) is 5.92 Å². The molecular weight excluding hydrogens is 302 g/mol. The molecule has 0 fully saturated rings. The first-order valence-electron chi connectivity index (χ1n) is 8.66. The fourth-order valence-corrected chi connectivity index (χ4v) is 3.02. The van der Waals surface area contributed by atoms with E-state index in [1.54, 1.807) is 0 Å². The van der Waals surface area contributed by atoms with Crippen LogP contribution in [0.2, 0.25) is 0 Å². The average molecular weight is 329 g/mol. The van der Waals surface area contributed by atoms with E-state index >= 15 is 0 Å². The second-order valence-electron chi connectivity index (χ2n) is 6.49. The Labute approximate surface area is 144 Å². The molecule has 1 aromatic carbocycles. The summed E-state index contributed by atoms with van der Waals surface area (Å²) in [7, 11) is 0. The molecule has 3 atom stereocenters. The Morgan fingerprint density at radius 1 is 1.29 bits per heavy atom. The standard InChI is InChI=1S/C20H27NO3/c1-4-6-17-7-5-12-24-18-10-8-16(9-11-18)13-19(15(3)22)21-20(23)14(17)2/h4,6,8-11,14,17,19H,5,7,12-13H2,1-3H3,(H,21,23)/b6-4+/t14-,17+,19+/m1/s1. The highest BCUT2D eigenvalue weighted by molar-refractivity contribution is 5.88. The highest BCUT2D eigenvalue weighted by Crippen LogP contribution is 2.22. The molecular formula is C20H27NO3. The molecule has 0 aromatic heterocycles. The Morgan fingerprint density at radius 3 is 2.62 bits per heavy atom. The number of Topliss-reactive ketones (excluding diaryl/α,β-unsaturated/α-hetero) is 1. The molecule has 4 nitrogen and oxygen atoms in total. The second kappa shape index (κ2) is 8.67. The Kier molecular flexibility index (Phi) is 6.59. The number of benzene rings is 1. The van der Waals surface area contributed by atoms with Gasteiger partial charge >= 0.3 is 0 Å². The third-order valence-electron chi connectivity index (χ3n) is 4.62. The van der Waals surface area contributed by atoms with Gasteiger partial charge in [-0.3, -0.25) is 9.59 Å². The number of ether oxygens (including phenoxy) is 1. The van der Waals surface area contributed by atoms with E-state index in [0.717, 1.165) is 24.2 Å². The largest absolute Gasteiger partial charge is 0.494 e. The summed E-state index contributed by atoms with van der Waals surface area (Å²) in [5, 5.41) is 2.94. The van der Waals surface area contributed by atoms with Crippen molar-refractivity contribution >= 4 is 11.7 Å². The van der Waals surface area contributed by atoms with E-state index in [1.165, 1.54) is 6.92 Å². The molecule has 1 amide bonds. The van der Waals surface area contributed by atoms with Crippen molar-refractivity contribution in [3.8, 4) is 5.75 Å². The average Bonchev–Trinajstić information content (AvgIpc) is 2.57. The first kappa shape index (κ1) is 18.2. The lowest BCUT2D eigenvalue weighted by atomic mass is 9.88. The van der Waals surface area contributed by atoms with Crippen LogP contribution in [0.4, 0.5) is 0 Å². The van der Waals surface area contributed by atoms with E-state index in [2.05, 4.69) is 11.4 Å². The number of hydrogen-bond acceptors (Lipinski definition) is 3.